The Morgan fingerprint density at radius 3 is 2.23 bits per heavy atom. The van der Waals surface area contributed by atoms with E-state index in [9.17, 15) is 4.79 Å². The summed E-state index contributed by atoms with van der Waals surface area (Å²) in [6.07, 6.45) is 0. The summed E-state index contributed by atoms with van der Waals surface area (Å²) < 4.78 is 15.9. The predicted molar refractivity (Wildman–Crippen MR) is 85.8 cm³/mol. The van der Waals surface area contributed by atoms with Gasteiger partial charge >= 0.3 is 5.63 Å². The van der Waals surface area contributed by atoms with Crippen LogP contribution < -0.4 is 15.1 Å². The molecule has 3 aromatic rings. The van der Waals surface area contributed by atoms with Crippen molar-refractivity contribution in [2.24, 2.45) is 0 Å². The first kappa shape index (κ1) is 14.2. The summed E-state index contributed by atoms with van der Waals surface area (Å²) >= 11 is 0. The van der Waals surface area contributed by atoms with Crippen molar-refractivity contribution in [2.75, 3.05) is 14.2 Å². The zero-order valence-corrected chi connectivity index (χ0v) is 12.7. The van der Waals surface area contributed by atoms with E-state index >= 15 is 0 Å². The van der Waals surface area contributed by atoms with Crippen molar-refractivity contribution in [1.82, 2.24) is 0 Å². The highest BCUT2D eigenvalue weighted by atomic mass is 16.5. The minimum atomic E-state index is -0.383. The van der Waals surface area contributed by atoms with Crippen molar-refractivity contribution in [3.8, 4) is 22.6 Å². The molecule has 0 radical (unpaired) electrons. The van der Waals surface area contributed by atoms with Gasteiger partial charge in [0.15, 0.2) is 0 Å². The van der Waals surface area contributed by atoms with Crippen LogP contribution in [0.15, 0.2) is 51.7 Å². The van der Waals surface area contributed by atoms with Crippen LogP contribution in [-0.4, -0.2) is 14.2 Å². The summed E-state index contributed by atoms with van der Waals surface area (Å²) in [6, 6.07) is 12.9. The number of ether oxygens (including phenoxy) is 2. The highest BCUT2D eigenvalue weighted by Gasteiger charge is 2.11. The Bertz CT molecular complexity index is 871. The van der Waals surface area contributed by atoms with Crippen LogP contribution in [0.25, 0.3) is 22.1 Å². The molecule has 0 N–H and O–H groups in total. The van der Waals surface area contributed by atoms with Gasteiger partial charge in [-0.3, -0.25) is 0 Å². The largest absolute Gasteiger partial charge is 0.497 e. The van der Waals surface area contributed by atoms with Crippen LogP contribution in [-0.2, 0) is 0 Å². The molecule has 0 aliphatic carbocycles. The van der Waals surface area contributed by atoms with Crippen LogP contribution in [0.4, 0.5) is 0 Å². The quantitative estimate of drug-likeness (QED) is 0.690. The fraction of sp³-hybridized carbons (Fsp3) is 0.167. The molecule has 0 bridgehead atoms. The van der Waals surface area contributed by atoms with Crippen molar-refractivity contribution in [2.45, 2.75) is 6.92 Å². The highest BCUT2D eigenvalue weighted by molar-refractivity contribution is 5.82. The van der Waals surface area contributed by atoms with Crippen molar-refractivity contribution in [3.63, 3.8) is 0 Å². The summed E-state index contributed by atoms with van der Waals surface area (Å²) in [7, 11) is 3.15. The Morgan fingerprint density at radius 2 is 1.59 bits per heavy atom. The smallest absolute Gasteiger partial charge is 0.344 e. The number of methoxy groups -OCH3 is 2. The Balaban J connectivity index is 2.25. The van der Waals surface area contributed by atoms with E-state index in [1.807, 2.05) is 31.2 Å². The van der Waals surface area contributed by atoms with E-state index in [0.29, 0.717) is 28.2 Å². The van der Waals surface area contributed by atoms with E-state index in [1.165, 1.54) is 0 Å². The molecule has 4 heteroatoms. The fourth-order valence-corrected chi connectivity index (χ4v) is 2.41. The molecule has 0 saturated heterocycles. The van der Waals surface area contributed by atoms with Crippen LogP contribution >= 0.6 is 0 Å². The van der Waals surface area contributed by atoms with Crippen LogP contribution in [0.1, 0.15) is 5.56 Å². The van der Waals surface area contributed by atoms with E-state index in [-0.39, 0.29) is 5.63 Å². The van der Waals surface area contributed by atoms with Gasteiger partial charge in [0.2, 0.25) is 0 Å². The Kier molecular flexibility index (Phi) is 3.59. The van der Waals surface area contributed by atoms with E-state index in [4.69, 9.17) is 13.9 Å². The first-order valence-corrected chi connectivity index (χ1v) is 6.88. The van der Waals surface area contributed by atoms with E-state index in [1.54, 1.807) is 32.4 Å². The molecule has 0 amide bonds. The van der Waals surface area contributed by atoms with Crippen molar-refractivity contribution >= 4 is 11.0 Å². The molecule has 1 heterocycles. The van der Waals surface area contributed by atoms with Crippen LogP contribution in [0.3, 0.4) is 0 Å². The second-order valence-corrected chi connectivity index (χ2v) is 5.09. The third-order valence-corrected chi connectivity index (χ3v) is 3.55. The van der Waals surface area contributed by atoms with Gasteiger partial charge in [-0.1, -0.05) is 11.6 Å². The second-order valence-electron chi connectivity index (χ2n) is 5.09. The molecule has 1 aromatic heterocycles. The second kappa shape index (κ2) is 5.56. The maximum Gasteiger partial charge on any atom is 0.344 e. The molecule has 0 aliphatic rings. The molecular formula is C18H16O4. The third-order valence-electron chi connectivity index (χ3n) is 3.55. The molecule has 4 nitrogen and oxygen atoms in total. The number of hydrogen-bond acceptors (Lipinski definition) is 4. The highest BCUT2D eigenvalue weighted by Crippen LogP contribution is 2.29. The first-order valence-electron chi connectivity index (χ1n) is 6.88. The number of aryl methyl sites for hydroxylation is 1. The zero-order chi connectivity index (χ0) is 15.7. The third kappa shape index (κ3) is 2.55. The van der Waals surface area contributed by atoms with Crippen molar-refractivity contribution in [1.29, 1.82) is 0 Å². The van der Waals surface area contributed by atoms with Crippen LogP contribution in [0.5, 0.6) is 11.5 Å². The van der Waals surface area contributed by atoms with E-state index in [2.05, 4.69) is 0 Å². The van der Waals surface area contributed by atoms with Gasteiger partial charge in [0.05, 0.1) is 19.8 Å². The van der Waals surface area contributed by atoms with Crippen molar-refractivity contribution < 1.29 is 13.9 Å². The molecule has 22 heavy (non-hydrogen) atoms. The van der Waals surface area contributed by atoms with Crippen LogP contribution in [0, 0.1) is 6.92 Å². The summed E-state index contributed by atoms with van der Waals surface area (Å²) in [6.45, 7) is 2.00. The van der Waals surface area contributed by atoms with Gasteiger partial charge in [-0.25, -0.2) is 4.79 Å². The lowest BCUT2D eigenvalue weighted by Gasteiger charge is -2.08. The normalized spacial score (nSPS) is 10.7. The Labute approximate surface area is 127 Å². The Hall–Kier alpha value is -2.75. The lowest BCUT2D eigenvalue weighted by Crippen LogP contribution is -2.03. The molecule has 2 aromatic carbocycles. The number of fused-ring (bicyclic) bond motifs is 1. The van der Waals surface area contributed by atoms with Gasteiger partial charge in [-0.2, -0.15) is 0 Å². The summed E-state index contributed by atoms with van der Waals surface area (Å²) in [4.78, 5) is 12.3. The Morgan fingerprint density at radius 1 is 0.909 bits per heavy atom. The molecular weight excluding hydrogens is 280 g/mol. The van der Waals surface area contributed by atoms with Crippen LogP contribution in [0.2, 0.25) is 0 Å². The SMILES string of the molecule is COc1cc(OC)cc(-c2cc3cc(C)ccc3oc2=O)c1. The maximum absolute atomic E-state index is 12.3. The summed E-state index contributed by atoms with van der Waals surface area (Å²) in [5.41, 5.74) is 2.49. The molecule has 0 fully saturated rings. The van der Waals surface area contributed by atoms with Gasteiger partial charge in [-0.05, 0) is 42.8 Å². The molecule has 0 spiro atoms. The van der Waals surface area contributed by atoms with Gasteiger partial charge in [0.25, 0.3) is 0 Å². The standard InChI is InChI=1S/C18H16O4/c1-11-4-5-17-13(6-11)9-16(18(19)22-17)12-7-14(20-2)10-15(8-12)21-3/h4-10H,1-3H3. The van der Waals surface area contributed by atoms with E-state index in [0.717, 1.165) is 10.9 Å². The monoisotopic (exact) mass is 296 g/mol. The fourth-order valence-electron chi connectivity index (χ4n) is 2.41. The average Bonchev–Trinajstić information content (AvgIpc) is 2.54. The van der Waals surface area contributed by atoms with Gasteiger partial charge < -0.3 is 13.9 Å². The zero-order valence-electron chi connectivity index (χ0n) is 12.7. The van der Waals surface area contributed by atoms with Crippen molar-refractivity contribution in [3.05, 3.63) is 58.4 Å². The number of benzene rings is 2. The summed E-state index contributed by atoms with van der Waals surface area (Å²) in [5.74, 6) is 1.25. The molecule has 3 rings (SSSR count). The topological polar surface area (TPSA) is 48.7 Å². The molecule has 0 saturated carbocycles. The minimum Gasteiger partial charge on any atom is -0.497 e. The predicted octanol–water partition coefficient (Wildman–Crippen LogP) is 3.79. The van der Waals surface area contributed by atoms with E-state index < -0.39 is 0 Å². The first-order chi connectivity index (χ1) is 10.6. The number of hydrogen-bond donors (Lipinski definition) is 0. The minimum absolute atomic E-state index is 0.383. The average molecular weight is 296 g/mol. The molecule has 0 unspecified atom stereocenters. The molecule has 0 atom stereocenters. The van der Waals surface area contributed by atoms with Gasteiger partial charge in [-0.15, -0.1) is 0 Å². The maximum atomic E-state index is 12.3. The lowest BCUT2D eigenvalue weighted by molar-refractivity contribution is 0.394. The molecule has 112 valence electrons. The summed E-state index contributed by atoms with van der Waals surface area (Å²) in [5, 5.41) is 0.886. The number of rotatable bonds is 3. The molecule has 0 aliphatic heterocycles. The van der Waals surface area contributed by atoms with Gasteiger partial charge in [0, 0.05) is 11.5 Å². The lowest BCUT2D eigenvalue weighted by atomic mass is 10.0. The van der Waals surface area contributed by atoms with Gasteiger partial charge in [0.1, 0.15) is 17.1 Å².